The van der Waals surface area contributed by atoms with Crippen LogP contribution in [0.25, 0.3) is 11.1 Å². The number of carbonyl (C=O) groups excluding carboxylic acids is 1. The Morgan fingerprint density at radius 2 is 1.69 bits per heavy atom. The molecule has 0 aliphatic carbocycles. The molecule has 1 amide bonds. The largest absolute Gasteiger partial charge is 0.478 e. The van der Waals surface area contributed by atoms with E-state index in [1.807, 2.05) is 0 Å². The molecule has 8 heteroatoms. The van der Waals surface area contributed by atoms with E-state index in [2.05, 4.69) is 5.32 Å². The lowest BCUT2D eigenvalue weighted by Gasteiger charge is -2.19. The zero-order valence-corrected chi connectivity index (χ0v) is 14.5. The number of nitrogens with one attached hydrogen (secondary N) is 1. The molecule has 2 N–H and O–H groups in total. The number of nitro benzene ring substituents is 1. The van der Waals surface area contributed by atoms with Gasteiger partial charge in [-0.2, -0.15) is 0 Å². The lowest BCUT2D eigenvalue weighted by Crippen LogP contribution is -2.27. The second-order valence-electron chi connectivity index (χ2n) is 6.54. The van der Waals surface area contributed by atoms with Crippen molar-refractivity contribution in [1.82, 2.24) is 0 Å². The predicted molar refractivity (Wildman–Crippen MR) is 95.3 cm³/mol. The van der Waals surface area contributed by atoms with Gasteiger partial charge in [0.15, 0.2) is 0 Å². The Bertz CT molecular complexity index is 821. The predicted octanol–water partition coefficient (Wildman–Crippen LogP) is 4.31. The number of anilines is 1. The number of amides is 1. The molecule has 8 nitrogen and oxygen atoms in total. The summed E-state index contributed by atoms with van der Waals surface area (Å²) in [5.74, 6) is -1.25. The molecule has 136 valence electrons. The van der Waals surface area contributed by atoms with Crippen molar-refractivity contribution in [3.63, 3.8) is 0 Å². The second kappa shape index (κ2) is 7.22. The number of nitrogens with zero attached hydrogens (tertiary/aromatic N) is 1. The maximum Gasteiger partial charge on any atom is 0.412 e. The van der Waals surface area contributed by atoms with Crippen molar-refractivity contribution in [2.24, 2.45) is 0 Å². The molecule has 0 aliphatic rings. The van der Waals surface area contributed by atoms with E-state index in [4.69, 9.17) is 9.84 Å². The monoisotopic (exact) mass is 358 g/mol. The van der Waals surface area contributed by atoms with E-state index in [1.54, 1.807) is 45.0 Å². The van der Waals surface area contributed by atoms with E-state index >= 15 is 0 Å². The Morgan fingerprint density at radius 3 is 2.19 bits per heavy atom. The molecule has 2 rings (SSSR count). The highest BCUT2D eigenvalue weighted by Gasteiger charge is 2.17. The van der Waals surface area contributed by atoms with E-state index in [0.29, 0.717) is 16.8 Å². The van der Waals surface area contributed by atoms with Crippen LogP contribution in [0.15, 0.2) is 42.5 Å². The van der Waals surface area contributed by atoms with E-state index in [0.717, 1.165) is 6.07 Å². The van der Waals surface area contributed by atoms with Crippen LogP contribution in [0.5, 0.6) is 0 Å². The normalized spacial score (nSPS) is 10.9. The highest BCUT2D eigenvalue weighted by atomic mass is 16.6. The first-order chi connectivity index (χ1) is 12.0. The Balaban J connectivity index is 2.26. The van der Waals surface area contributed by atoms with Crippen LogP contribution in [0.3, 0.4) is 0 Å². The average molecular weight is 358 g/mol. The Hall–Kier alpha value is -3.42. The van der Waals surface area contributed by atoms with Gasteiger partial charge in [0.25, 0.3) is 5.69 Å². The first-order valence-electron chi connectivity index (χ1n) is 7.68. The lowest BCUT2D eigenvalue weighted by atomic mass is 10.0. The topological polar surface area (TPSA) is 119 Å². The summed E-state index contributed by atoms with van der Waals surface area (Å²) in [7, 11) is 0. The number of carboxylic acid groups (broad SMARTS) is 1. The maximum atomic E-state index is 11.7. The van der Waals surface area contributed by atoms with Gasteiger partial charge in [0.2, 0.25) is 0 Å². The fourth-order valence-corrected chi connectivity index (χ4v) is 2.17. The zero-order chi connectivity index (χ0) is 19.5. The summed E-state index contributed by atoms with van der Waals surface area (Å²) >= 11 is 0. The van der Waals surface area contributed by atoms with Crippen molar-refractivity contribution in [2.45, 2.75) is 26.4 Å². The molecule has 0 heterocycles. The highest BCUT2D eigenvalue weighted by molar-refractivity contribution is 5.91. The van der Waals surface area contributed by atoms with E-state index in [1.165, 1.54) is 12.1 Å². The zero-order valence-electron chi connectivity index (χ0n) is 14.5. The van der Waals surface area contributed by atoms with Crippen molar-refractivity contribution in [3.8, 4) is 11.1 Å². The lowest BCUT2D eigenvalue weighted by molar-refractivity contribution is -0.384. The minimum absolute atomic E-state index is 0.176. The molecule has 0 spiro atoms. The first-order valence-corrected chi connectivity index (χ1v) is 7.68. The van der Waals surface area contributed by atoms with Gasteiger partial charge in [-0.3, -0.25) is 15.4 Å². The van der Waals surface area contributed by atoms with Gasteiger partial charge < -0.3 is 9.84 Å². The van der Waals surface area contributed by atoms with E-state index in [9.17, 15) is 19.7 Å². The van der Waals surface area contributed by atoms with Crippen LogP contribution in [0, 0.1) is 10.1 Å². The first kappa shape index (κ1) is 18.9. The molecule has 0 unspecified atom stereocenters. The minimum Gasteiger partial charge on any atom is -0.478 e. The van der Waals surface area contributed by atoms with Gasteiger partial charge >= 0.3 is 12.1 Å². The van der Waals surface area contributed by atoms with Crippen LogP contribution in [0.4, 0.5) is 16.2 Å². The van der Waals surface area contributed by atoms with E-state index in [-0.39, 0.29) is 11.3 Å². The fourth-order valence-electron chi connectivity index (χ4n) is 2.17. The Kier molecular flexibility index (Phi) is 5.25. The number of carboxylic acids is 1. The summed E-state index contributed by atoms with van der Waals surface area (Å²) in [6, 6.07) is 10.1. The molecule has 0 atom stereocenters. The summed E-state index contributed by atoms with van der Waals surface area (Å²) in [6.45, 7) is 5.24. The van der Waals surface area contributed by atoms with Gasteiger partial charge in [0.1, 0.15) is 5.60 Å². The number of nitro groups is 1. The molecule has 26 heavy (non-hydrogen) atoms. The molecule has 0 fully saturated rings. The van der Waals surface area contributed by atoms with Crippen molar-refractivity contribution in [3.05, 3.63) is 58.1 Å². The molecule has 0 radical (unpaired) electrons. The third kappa shape index (κ3) is 5.04. The van der Waals surface area contributed by atoms with Crippen LogP contribution in [0.1, 0.15) is 31.1 Å². The average Bonchev–Trinajstić information content (AvgIpc) is 2.53. The third-order valence-corrected chi connectivity index (χ3v) is 3.24. The van der Waals surface area contributed by atoms with E-state index < -0.39 is 22.6 Å². The number of aromatic carboxylic acids is 1. The summed E-state index contributed by atoms with van der Waals surface area (Å²) in [6.07, 6.45) is -0.603. The highest BCUT2D eigenvalue weighted by Crippen LogP contribution is 2.27. The van der Waals surface area contributed by atoms with Crippen molar-refractivity contribution < 1.29 is 24.4 Å². The van der Waals surface area contributed by atoms with Gasteiger partial charge in [-0.25, -0.2) is 9.59 Å². The molecule has 0 aliphatic heterocycles. The Labute approximate surface area is 149 Å². The molecule has 2 aromatic carbocycles. The summed E-state index contributed by atoms with van der Waals surface area (Å²) in [4.78, 5) is 33.3. The quantitative estimate of drug-likeness (QED) is 0.621. The number of carbonyl (C=O) groups is 2. The summed E-state index contributed by atoms with van der Waals surface area (Å²) in [5.41, 5.74) is 0.333. The minimum atomic E-state index is -1.25. The van der Waals surface area contributed by atoms with Gasteiger partial charge in [-0.15, -0.1) is 0 Å². The molecule has 0 aromatic heterocycles. The number of non-ortho nitro benzene ring substituents is 1. The number of ether oxygens (including phenoxy) is 1. The fraction of sp³-hybridized carbons (Fsp3) is 0.222. The van der Waals surface area contributed by atoms with Gasteiger partial charge in [-0.05, 0) is 50.1 Å². The smallest absolute Gasteiger partial charge is 0.412 e. The number of hydrogen-bond donors (Lipinski definition) is 2. The molecule has 0 bridgehead atoms. The number of rotatable bonds is 4. The standard InChI is InChI=1S/C18H18N2O6/c1-18(2,3)26-17(23)19-14-6-4-11(5-7-14)12-8-13(16(21)22)10-15(9-12)20(24)25/h4-10H,1-3H3,(H,19,23)(H,21,22). The van der Waals surface area contributed by atoms with Crippen LogP contribution in [-0.4, -0.2) is 27.7 Å². The van der Waals surface area contributed by atoms with Crippen LogP contribution in [0.2, 0.25) is 0 Å². The summed E-state index contributed by atoms with van der Waals surface area (Å²) in [5, 5.41) is 22.7. The maximum absolute atomic E-state index is 11.7. The van der Waals surface area contributed by atoms with Crippen molar-refractivity contribution >= 4 is 23.4 Å². The molecule has 0 saturated heterocycles. The van der Waals surface area contributed by atoms with Gasteiger partial charge in [0, 0.05) is 17.8 Å². The molecule has 2 aromatic rings. The number of benzene rings is 2. The third-order valence-electron chi connectivity index (χ3n) is 3.24. The SMILES string of the molecule is CC(C)(C)OC(=O)Nc1ccc(-c2cc(C(=O)O)cc([N+](=O)[O-])c2)cc1. The summed E-state index contributed by atoms with van der Waals surface area (Å²) < 4.78 is 5.15. The molecule has 0 saturated carbocycles. The second-order valence-corrected chi connectivity index (χ2v) is 6.54. The number of hydrogen-bond acceptors (Lipinski definition) is 5. The van der Waals surface area contributed by atoms with Gasteiger partial charge in [-0.1, -0.05) is 12.1 Å². The van der Waals surface area contributed by atoms with Crippen LogP contribution in [-0.2, 0) is 4.74 Å². The molecular formula is C18H18N2O6. The van der Waals surface area contributed by atoms with Crippen molar-refractivity contribution in [2.75, 3.05) is 5.32 Å². The van der Waals surface area contributed by atoms with Crippen LogP contribution < -0.4 is 5.32 Å². The van der Waals surface area contributed by atoms with Gasteiger partial charge in [0.05, 0.1) is 10.5 Å². The van der Waals surface area contributed by atoms with Crippen LogP contribution >= 0.6 is 0 Å². The molecular weight excluding hydrogens is 340 g/mol. The van der Waals surface area contributed by atoms with Crippen molar-refractivity contribution in [1.29, 1.82) is 0 Å². The Morgan fingerprint density at radius 1 is 1.08 bits per heavy atom.